The first kappa shape index (κ1) is 16.8. The smallest absolute Gasteiger partial charge is 0.261 e. The molecule has 118 valence electrons. The molecule has 0 atom stereocenters. The third kappa shape index (κ3) is 3.62. The maximum Gasteiger partial charge on any atom is 0.261 e. The number of rotatable bonds is 5. The van der Waals surface area contributed by atoms with Gasteiger partial charge in [-0.05, 0) is 51.7 Å². The third-order valence-corrected chi connectivity index (χ3v) is 5.24. The molecule has 22 heavy (non-hydrogen) atoms. The highest BCUT2D eigenvalue weighted by molar-refractivity contribution is 9.10. The molecule has 0 fully saturated rings. The molecule has 0 aliphatic heterocycles. The SMILES string of the molecule is COc1ccc(S(=O)(=O)Nc2ccccc2C(C)C)cc1Br. The van der Waals surface area contributed by atoms with Crippen molar-refractivity contribution in [1.82, 2.24) is 0 Å². The van der Waals surface area contributed by atoms with Gasteiger partial charge in [0, 0.05) is 0 Å². The number of para-hydroxylation sites is 1. The number of anilines is 1. The monoisotopic (exact) mass is 383 g/mol. The summed E-state index contributed by atoms with van der Waals surface area (Å²) in [5.74, 6) is 0.808. The summed E-state index contributed by atoms with van der Waals surface area (Å²) in [4.78, 5) is 0.179. The van der Waals surface area contributed by atoms with Crippen LogP contribution in [0.15, 0.2) is 51.8 Å². The van der Waals surface area contributed by atoms with Crippen LogP contribution in [0.25, 0.3) is 0 Å². The molecule has 0 unspecified atom stereocenters. The van der Waals surface area contributed by atoms with E-state index in [9.17, 15) is 8.42 Å². The van der Waals surface area contributed by atoms with Crippen LogP contribution in [0.5, 0.6) is 5.75 Å². The van der Waals surface area contributed by atoms with Gasteiger partial charge >= 0.3 is 0 Å². The molecule has 0 heterocycles. The Hall–Kier alpha value is -1.53. The summed E-state index contributed by atoms with van der Waals surface area (Å²) >= 11 is 3.31. The molecule has 2 aromatic carbocycles. The van der Waals surface area contributed by atoms with E-state index in [0.29, 0.717) is 15.9 Å². The van der Waals surface area contributed by atoms with E-state index < -0.39 is 10.0 Å². The van der Waals surface area contributed by atoms with Crippen LogP contribution in [0, 0.1) is 0 Å². The molecule has 0 bridgehead atoms. The van der Waals surface area contributed by atoms with Crippen LogP contribution in [-0.4, -0.2) is 15.5 Å². The average molecular weight is 384 g/mol. The van der Waals surface area contributed by atoms with E-state index in [0.717, 1.165) is 5.56 Å². The largest absolute Gasteiger partial charge is 0.496 e. The quantitative estimate of drug-likeness (QED) is 0.832. The Bertz CT molecular complexity index is 773. The van der Waals surface area contributed by atoms with Gasteiger partial charge in [0.2, 0.25) is 0 Å². The van der Waals surface area contributed by atoms with Gasteiger partial charge in [-0.2, -0.15) is 0 Å². The summed E-state index contributed by atoms with van der Waals surface area (Å²) < 4.78 is 33.5. The number of halogens is 1. The molecule has 0 saturated heterocycles. The van der Waals surface area contributed by atoms with Crippen molar-refractivity contribution in [2.75, 3.05) is 11.8 Å². The first-order valence-electron chi connectivity index (χ1n) is 6.80. The lowest BCUT2D eigenvalue weighted by molar-refractivity contribution is 0.411. The van der Waals surface area contributed by atoms with Gasteiger partial charge in [0.15, 0.2) is 0 Å². The molecule has 2 aromatic rings. The Morgan fingerprint density at radius 3 is 2.41 bits per heavy atom. The molecule has 0 aromatic heterocycles. The van der Waals surface area contributed by atoms with E-state index in [4.69, 9.17) is 4.74 Å². The van der Waals surface area contributed by atoms with Gasteiger partial charge in [0.05, 0.1) is 22.2 Å². The zero-order valence-corrected chi connectivity index (χ0v) is 15.0. The fourth-order valence-corrected chi connectivity index (χ4v) is 3.92. The zero-order valence-electron chi connectivity index (χ0n) is 12.6. The first-order chi connectivity index (χ1) is 10.3. The van der Waals surface area contributed by atoms with Crippen LogP contribution in [-0.2, 0) is 10.0 Å². The lowest BCUT2D eigenvalue weighted by atomic mass is 10.0. The maximum absolute atomic E-state index is 12.6. The number of sulfonamides is 1. The average Bonchev–Trinajstić information content (AvgIpc) is 2.47. The minimum absolute atomic E-state index is 0.179. The highest BCUT2D eigenvalue weighted by Gasteiger charge is 2.18. The highest BCUT2D eigenvalue weighted by atomic mass is 79.9. The van der Waals surface area contributed by atoms with Crippen molar-refractivity contribution >= 4 is 31.6 Å². The van der Waals surface area contributed by atoms with Crippen LogP contribution >= 0.6 is 15.9 Å². The molecule has 0 amide bonds. The molecule has 2 rings (SSSR count). The van der Waals surface area contributed by atoms with Crippen molar-refractivity contribution in [2.45, 2.75) is 24.7 Å². The Labute approximate surface area is 139 Å². The second kappa shape index (κ2) is 6.71. The van der Waals surface area contributed by atoms with Crippen molar-refractivity contribution in [3.05, 3.63) is 52.5 Å². The van der Waals surface area contributed by atoms with E-state index in [1.165, 1.54) is 19.2 Å². The molecule has 0 aliphatic carbocycles. The predicted molar refractivity (Wildman–Crippen MR) is 92.0 cm³/mol. The first-order valence-corrected chi connectivity index (χ1v) is 9.08. The van der Waals surface area contributed by atoms with Crippen molar-refractivity contribution < 1.29 is 13.2 Å². The summed E-state index contributed by atoms with van der Waals surface area (Å²) in [5, 5.41) is 0. The fraction of sp³-hybridized carbons (Fsp3) is 0.250. The summed E-state index contributed by atoms with van der Waals surface area (Å²) in [6, 6.07) is 12.1. The van der Waals surface area contributed by atoms with E-state index in [1.54, 1.807) is 12.1 Å². The molecule has 0 spiro atoms. The molecular weight excluding hydrogens is 366 g/mol. The van der Waals surface area contributed by atoms with Crippen LogP contribution in [0.4, 0.5) is 5.69 Å². The van der Waals surface area contributed by atoms with Crippen LogP contribution in [0.3, 0.4) is 0 Å². The minimum atomic E-state index is -3.65. The molecule has 0 radical (unpaired) electrons. The predicted octanol–water partition coefficient (Wildman–Crippen LogP) is 4.38. The molecule has 6 heteroatoms. The summed E-state index contributed by atoms with van der Waals surface area (Å²) in [5.41, 5.74) is 1.56. The van der Waals surface area contributed by atoms with E-state index in [2.05, 4.69) is 20.7 Å². The Morgan fingerprint density at radius 2 is 1.82 bits per heavy atom. The lowest BCUT2D eigenvalue weighted by Crippen LogP contribution is -2.14. The second-order valence-electron chi connectivity index (χ2n) is 5.14. The number of methoxy groups -OCH3 is 1. The van der Waals surface area contributed by atoms with E-state index in [1.807, 2.05) is 32.0 Å². The van der Waals surface area contributed by atoms with Gasteiger partial charge in [-0.25, -0.2) is 8.42 Å². The third-order valence-electron chi connectivity index (χ3n) is 3.26. The molecule has 0 aliphatic rings. The van der Waals surface area contributed by atoms with Crippen LogP contribution < -0.4 is 9.46 Å². The minimum Gasteiger partial charge on any atom is -0.496 e. The van der Waals surface area contributed by atoms with Gasteiger partial charge < -0.3 is 4.74 Å². The Kier molecular flexibility index (Phi) is 5.13. The molecule has 4 nitrogen and oxygen atoms in total. The summed E-state index contributed by atoms with van der Waals surface area (Å²) in [7, 11) is -2.12. The van der Waals surface area contributed by atoms with E-state index in [-0.39, 0.29) is 10.8 Å². The normalized spacial score (nSPS) is 11.5. The molecular formula is C16H18BrNO3S. The van der Waals surface area contributed by atoms with Crippen molar-refractivity contribution in [3.63, 3.8) is 0 Å². The number of benzene rings is 2. The molecule has 0 saturated carbocycles. The summed E-state index contributed by atoms with van der Waals surface area (Å²) in [6.45, 7) is 4.05. The number of hydrogen-bond acceptors (Lipinski definition) is 3. The lowest BCUT2D eigenvalue weighted by Gasteiger charge is -2.15. The number of hydrogen-bond donors (Lipinski definition) is 1. The standard InChI is InChI=1S/C16H18BrNO3S/c1-11(2)13-6-4-5-7-15(13)18-22(19,20)12-8-9-16(21-3)14(17)10-12/h4-11,18H,1-3H3. The van der Waals surface area contributed by atoms with Gasteiger partial charge in [0.1, 0.15) is 5.75 Å². The highest BCUT2D eigenvalue weighted by Crippen LogP contribution is 2.30. The Balaban J connectivity index is 2.38. The van der Waals surface area contributed by atoms with Gasteiger partial charge in [0.25, 0.3) is 10.0 Å². The van der Waals surface area contributed by atoms with Crippen LogP contribution in [0.2, 0.25) is 0 Å². The second-order valence-corrected chi connectivity index (χ2v) is 7.68. The molecule has 1 N–H and O–H groups in total. The fourth-order valence-electron chi connectivity index (χ4n) is 2.11. The maximum atomic E-state index is 12.6. The zero-order chi connectivity index (χ0) is 16.3. The van der Waals surface area contributed by atoms with Gasteiger partial charge in [-0.15, -0.1) is 0 Å². The van der Waals surface area contributed by atoms with Crippen LogP contribution in [0.1, 0.15) is 25.3 Å². The van der Waals surface area contributed by atoms with Crippen molar-refractivity contribution in [1.29, 1.82) is 0 Å². The van der Waals surface area contributed by atoms with Crippen molar-refractivity contribution in [3.8, 4) is 5.75 Å². The van der Waals surface area contributed by atoms with Crippen molar-refractivity contribution in [2.24, 2.45) is 0 Å². The number of nitrogens with one attached hydrogen (secondary N) is 1. The topological polar surface area (TPSA) is 55.4 Å². The van der Waals surface area contributed by atoms with Gasteiger partial charge in [-0.1, -0.05) is 32.0 Å². The number of ether oxygens (including phenoxy) is 1. The summed E-state index contributed by atoms with van der Waals surface area (Å²) in [6.07, 6.45) is 0. The Morgan fingerprint density at radius 1 is 1.14 bits per heavy atom. The van der Waals surface area contributed by atoms with E-state index >= 15 is 0 Å². The van der Waals surface area contributed by atoms with Gasteiger partial charge in [-0.3, -0.25) is 4.72 Å².